The zero-order valence-electron chi connectivity index (χ0n) is 14.7. The maximum Gasteiger partial charge on any atom is 0.277 e. The fourth-order valence-corrected chi connectivity index (χ4v) is 3.83. The average Bonchev–Trinajstić information content (AvgIpc) is 3.27. The number of nitrogens with zero attached hydrogens (tertiary/aromatic N) is 4. The molecule has 0 aromatic carbocycles. The second kappa shape index (κ2) is 7.43. The molecule has 0 radical (unpaired) electrons. The van der Waals surface area contributed by atoms with Crippen molar-refractivity contribution < 1.29 is 14.0 Å². The number of ketones is 1. The Morgan fingerprint density at radius 2 is 2.16 bits per heavy atom. The van der Waals surface area contributed by atoms with Crippen molar-refractivity contribution in [3.63, 3.8) is 0 Å². The van der Waals surface area contributed by atoms with Gasteiger partial charge in [0.15, 0.2) is 5.78 Å². The van der Waals surface area contributed by atoms with E-state index in [1.54, 1.807) is 4.90 Å². The summed E-state index contributed by atoms with van der Waals surface area (Å²) in [6.07, 6.45) is 1.46. The second-order valence-electron chi connectivity index (χ2n) is 6.12. The molecule has 7 nitrogen and oxygen atoms in total. The zero-order valence-corrected chi connectivity index (χ0v) is 15.6. The summed E-state index contributed by atoms with van der Waals surface area (Å²) in [5, 5.41) is 8.29. The predicted octanol–water partition coefficient (Wildman–Crippen LogP) is 2.61. The molecule has 8 heteroatoms. The first-order valence-electron chi connectivity index (χ1n) is 8.42. The van der Waals surface area contributed by atoms with Gasteiger partial charge in [0.05, 0.1) is 12.3 Å². The number of likely N-dealkylation sites (tertiary alicyclic amines) is 1. The summed E-state index contributed by atoms with van der Waals surface area (Å²) in [6.45, 7) is 7.96. The first kappa shape index (κ1) is 17.7. The van der Waals surface area contributed by atoms with Crippen molar-refractivity contribution in [2.24, 2.45) is 0 Å². The first-order chi connectivity index (χ1) is 12.0. The molecule has 2 aromatic rings. The topological polar surface area (TPSA) is 81.2 Å². The monoisotopic (exact) mass is 362 g/mol. The molecule has 0 unspecified atom stereocenters. The molecule has 25 heavy (non-hydrogen) atoms. The van der Waals surface area contributed by atoms with Crippen LogP contribution in [0.25, 0.3) is 0 Å². The Balaban J connectivity index is 1.58. The molecule has 1 aliphatic rings. The minimum atomic E-state index is 0.0484. The minimum absolute atomic E-state index is 0.0484. The van der Waals surface area contributed by atoms with Crippen LogP contribution in [0.3, 0.4) is 0 Å². The lowest BCUT2D eigenvalue weighted by Gasteiger charge is -2.11. The number of hydrogen-bond acceptors (Lipinski definition) is 6. The molecular formula is C17H22N4O3S. The standard InChI is InChI=1S/C17H22N4O3S/c1-4-21-11(2)8-13(12(21)3)14(22)10-25-17-19-18-15(24-17)9-20-7-5-6-16(20)23/h8H,4-7,9-10H2,1-3H3. The van der Waals surface area contributed by atoms with E-state index in [1.807, 2.05) is 19.9 Å². The highest BCUT2D eigenvalue weighted by atomic mass is 32.2. The lowest BCUT2D eigenvalue weighted by molar-refractivity contribution is -0.128. The summed E-state index contributed by atoms with van der Waals surface area (Å²) in [7, 11) is 0. The Morgan fingerprint density at radius 1 is 1.36 bits per heavy atom. The van der Waals surface area contributed by atoms with Crippen LogP contribution in [0.5, 0.6) is 0 Å². The Bertz CT molecular complexity index is 796. The van der Waals surface area contributed by atoms with Crippen molar-refractivity contribution in [1.29, 1.82) is 0 Å². The lowest BCUT2D eigenvalue weighted by Crippen LogP contribution is -2.23. The van der Waals surface area contributed by atoms with Gasteiger partial charge < -0.3 is 13.9 Å². The van der Waals surface area contributed by atoms with E-state index >= 15 is 0 Å². The molecule has 1 aliphatic heterocycles. The summed E-state index contributed by atoms with van der Waals surface area (Å²) in [5.74, 6) is 0.827. The van der Waals surface area contributed by atoms with Gasteiger partial charge in [0.25, 0.3) is 5.22 Å². The summed E-state index contributed by atoms with van der Waals surface area (Å²) in [4.78, 5) is 25.8. The SMILES string of the molecule is CCn1c(C)cc(C(=O)CSc2nnc(CN3CCCC3=O)o2)c1C. The number of amides is 1. The van der Waals surface area contributed by atoms with E-state index in [1.165, 1.54) is 11.8 Å². The molecule has 3 rings (SSSR count). The molecule has 3 heterocycles. The van der Waals surface area contributed by atoms with Crippen molar-refractivity contribution in [1.82, 2.24) is 19.7 Å². The van der Waals surface area contributed by atoms with Gasteiger partial charge in [-0.3, -0.25) is 9.59 Å². The normalized spacial score (nSPS) is 14.5. The second-order valence-corrected chi connectivity index (χ2v) is 7.05. The van der Waals surface area contributed by atoms with Gasteiger partial charge in [-0.05, 0) is 33.3 Å². The lowest BCUT2D eigenvalue weighted by atomic mass is 10.2. The zero-order chi connectivity index (χ0) is 18.0. The van der Waals surface area contributed by atoms with E-state index < -0.39 is 0 Å². The third-order valence-corrected chi connectivity index (χ3v) is 5.28. The third-order valence-electron chi connectivity index (χ3n) is 4.46. The summed E-state index contributed by atoms with van der Waals surface area (Å²) in [6, 6.07) is 1.93. The summed E-state index contributed by atoms with van der Waals surface area (Å²) < 4.78 is 7.67. The summed E-state index contributed by atoms with van der Waals surface area (Å²) >= 11 is 1.23. The van der Waals surface area contributed by atoms with Crippen LogP contribution >= 0.6 is 11.8 Å². The van der Waals surface area contributed by atoms with E-state index in [0.717, 1.165) is 36.5 Å². The van der Waals surface area contributed by atoms with Gasteiger partial charge in [-0.1, -0.05) is 11.8 Å². The predicted molar refractivity (Wildman–Crippen MR) is 93.6 cm³/mol. The van der Waals surface area contributed by atoms with Gasteiger partial charge in [0.2, 0.25) is 11.8 Å². The van der Waals surface area contributed by atoms with Gasteiger partial charge in [0, 0.05) is 36.5 Å². The Kier molecular flexibility index (Phi) is 5.27. The van der Waals surface area contributed by atoms with Crippen LogP contribution in [0.15, 0.2) is 15.7 Å². The largest absolute Gasteiger partial charge is 0.414 e. The van der Waals surface area contributed by atoms with Gasteiger partial charge in [-0.2, -0.15) is 0 Å². The van der Waals surface area contributed by atoms with Crippen molar-refractivity contribution in [3.8, 4) is 0 Å². The molecule has 0 saturated carbocycles. The number of rotatable bonds is 7. The van der Waals surface area contributed by atoms with Crippen LogP contribution in [0.4, 0.5) is 0 Å². The third kappa shape index (κ3) is 3.78. The fraction of sp³-hybridized carbons (Fsp3) is 0.529. The molecule has 0 atom stereocenters. The number of Topliss-reactive ketones (excluding diaryl/α,β-unsaturated/α-hetero) is 1. The molecule has 0 aliphatic carbocycles. The smallest absolute Gasteiger partial charge is 0.277 e. The van der Waals surface area contributed by atoms with Crippen molar-refractivity contribution in [2.45, 2.75) is 51.9 Å². The molecule has 1 amide bonds. The molecular weight excluding hydrogens is 340 g/mol. The highest BCUT2D eigenvalue weighted by molar-refractivity contribution is 7.99. The van der Waals surface area contributed by atoms with Gasteiger partial charge in [-0.15, -0.1) is 10.2 Å². The molecule has 0 N–H and O–H groups in total. The van der Waals surface area contributed by atoms with Crippen LogP contribution in [-0.4, -0.2) is 43.7 Å². The molecule has 1 saturated heterocycles. The van der Waals surface area contributed by atoms with E-state index in [2.05, 4.69) is 21.7 Å². The van der Waals surface area contributed by atoms with Crippen LogP contribution in [-0.2, 0) is 17.9 Å². The van der Waals surface area contributed by atoms with Gasteiger partial charge in [-0.25, -0.2) is 0 Å². The number of carbonyl (C=O) groups excluding carboxylic acids is 2. The number of aromatic nitrogens is 3. The number of carbonyl (C=O) groups is 2. The van der Waals surface area contributed by atoms with Crippen LogP contribution in [0.2, 0.25) is 0 Å². The highest BCUT2D eigenvalue weighted by Gasteiger charge is 2.23. The van der Waals surface area contributed by atoms with E-state index in [9.17, 15) is 9.59 Å². The highest BCUT2D eigenvalue weighted by Crippen LogP contribution is 2.22. The fourth-order valence-electron chi connectivity index (χ4n) is 3.17. The Hall–Kier alpha value is -2.09. The van der Waals surface area contributed by atoms with Crippen LogP contribution in [0, 0.1) is 13.8 Å². The van der Waals surface area contributed by atoms with Crippen LogP contribution < -0.4 is 0 Å². The van der Waals surface area contributed by atoms with Crippen molar-refractivity contribution in [2.75, 3.05) is 12.3 Å². The number of hydrogen-bond donors (Lipinski definition) is 0. The van der Waals surface area contributed by atoms with Gasteiger partial charge in [0.1, 0.15) is 0 Å². The van der Waals surface area contributed by atoms with E-state index in [0.29, 0.717) is 24.1 Å². The van der Waals surface area contributed by atoms with Crippen molar-refractivity contribution in [3.05, 3.63) is 28.9 Å². The Labute approximate surface area is 150 Å². The molecule has 0 bridgehead atoms. The molecule has 0 spiro atoms. The minimum Gasteiger partial charge on any atom is -0.414 e. The first-order valence-corrected chi connectivity index (χ1v) is 9.41. The van der Waals surface area contributed by atoms with Crippen molar-refractivity contribution >= 4 is 23.5 Å². The Morgan fingerprint density at radius 3 is 2.80 bits per heavy atom. The molecule has 1 fully saturated rings. The molecule has 2 aromatic heterocycles. The van der Waals surface area contributed by atoms with Crippen LogP contribution in [0.1, 0.15) is 47.4 Å². The maximum absolute atomic E-state index is 12.5. The number of aryl methyl sites for hydroxylation is 1. The van der Waals surface area contributed by atoms with E-state index in [-0.39, 0.29) is 17.4 Å². The quantitative estimate of drug-likeness (QED) is 0.556. The van der Waals surface area contributed by atoms with Gasteiger partial charge >= 0.3 is 0 Å². The maximum atomic E-state index is 12.5. The van der Waals surface area contributed by atoms with E-state index in [4.69, 9.17) is 4.42 Å². The molecule has 134 valence electrons. The summed E-state index contributed by atoms with van der Waals surface area (Å²) in [5.41, 5.74) is 2.82. The average molecular weight is 362 g/mol. The number of thioether (sulfide) groups is 1.